The second-order valence-corrected chi connectivity index (χ2v) is 9.34. The highest BCUT2D eigenvalue weighted by molar-refractivity contribution is 5.93. The van der Waals surface area contributed by atoms with Gasteiger partial charge in [-0.3, -0.25) is 10.1 Å². The first kappa shape index (κ1) is 26.6. The first-order chi connectivity index (χ1) is 18.3. The first-order valence-electron chi connectivity index (χ1n) is 12.6. The van der Waals surface area contributed by atoms with Gasteiger partial charge in [0.05, 0.1) is 22.6 Å². The third kappa shape index (κ3) is 5.74. The van der Waals surface area contributed by atoms with Gasteiger partial charge in [0, 0.05) is 34.9 Å². The molecule has 1 aliphatic rings. The van der Waals surface area contributed by atoms with Crippen molar-refractivity contribution < 1.29 is 0 Å². The standard InChI is InChI=1S/C31H35N7/c1-8-22(16-24(9-2)33-21(5)19-38(6)7)20(4)15-25-27(10-3)36-37-30(25)31-34-28-18-32-17-26(29(28)35-31)23-13-11-12-14-23/h8-11,13-18,33,36H,2,4-5,12,19H2,1,3,6-7H3,(H,34,35)/b22-8+,24-16+,25-15+,27-10+. The number of pyridine rings is 1. The van der Waals surface area contributed by atoms with E-state index in [2.05, 4.69) is 68.3 Å². The minimum absolute atomic E-state index is 0.672. The van der Waals surface area contributed by atoms with Crippen LogP contribution >= 0.6 is 0 Å². The SMILES string of the molecule is C=C/C(=C\C(=C/C)C(=C)/C=c1/c(-c2nc3c(C4=CCC=C4)cncc3[nH]2)n[nH]/c1=C/C)NC(=C)CN(C)C. The molecule has 0 bridgehead atoms. The number of H-pyrrole nitrogens is 2. The topological polar surface area (TPSA) is 85.5 Å². The first-order valence-corrected chi connectivity index (χ1v) is 12.6. The molecule has 3 heterocycles. The highest BCUT2D eigenvalue weighted by Gasteiger charge is 2.15. The molecular weight excluding hydrogens is 470 g/mol. The number of aromatic amines is 2. The molecule has 7 heteroatoms. The van der Waals surface area contributed by atoms with Crippen molar-refractivity contribution in [2.24, 2.45) is 0 Å². The van der Waals surface area contributed by atoms with Crippen molar-refractivity contribution >= 4 is 28.8 Å². The van der Waals surface area contributed by atoms with Crippen molar-refractivity contribution in [3.05, 3.63) is 107 Å². The summed E-state index contributed by atoms with van der Waals surface area (Å²) in [7, 11) is 4.01. The number of rotatable bonds is 10. The molecule has 0 amide bonds. The van der Waals surface area contributed by atoms with Gasteiger partial charge in [-0.2, -0.15) is 5.10 Å². The van der Waals surface area contributed by atoms with E-state index in [0.29, 0.717) is 5.82 Å². The molecule has 0 aliphatic heterocycles. The zero-order valence-corrected chi connectivity index (χ0v) is 22.6. The summed E-state index contributed by atoms with van der Waals surface area (Å²) in [6.07, 6.45) is 20.9. The van der Waals surface area contributed by atoms with Crippen molar-refractivity contribution in [1.82, 2.24) is 35.4 Å². The summed E-state index contributed by atoms with van der Waals surface area (Å²) in [4.78, 5) is 14.8. The molecule has 0 fully saturated rings. The largest absolute Gasteiger partial charge is 0.358 e. The second-order valence-electron chi connectivity index (χ2n) is 9.34. The molecule has 0 aromatic carbocycles. The normalized spacial score (nSPS) is 15.0. The lowest BCUT2D eigenvalue weighted by molar-refractivity contribution is 0.438. The Morgan fingerprint density at radius 3 is 2.68 bits per heavy atom. The van der Waals surface area contributed by atoms with E-state index in [9.17, 15) is 0 Å². The number of aromatic nitrogens is 5. The van der Waals surface area contributed by atoms with Gasteiger partial charge in [0.25, 0.3) is 0 Å². The van der Waals surface area contributed by atoms with Crippen LogP contribution in [0.25, 0.3) is 40.3 Å². The number of imidazole rings is 1. The fourth-order valence-corrected chi connectivity index (χ4v) is 4.38. The molecule has 194 valence electrons. The fourth-order valence-electron chi connectivity index (χ4n) is 4.38. The third-order valence-electron chi connectivity index (χ3n) is 6.18. The van der Waals surface area contributed by atoms with E-state index >= 15 is 0 Å². The Morgan fingerprint density at radius 1 is 1.21 bits per heavy atom. The zero-order chi connectivity index (χ0) is 27.2. The Labute approximate surface area is 223 Å². The van der Waals surface area contributed by atoms with Crippen LogP contribution in [-0.4, -0.2) is 50.7 Å². The lowest BCUT2D eigenvalue weighted by Gasteiger charge is -2.15. The average Bonchev–Trinajstić information content (AvgIpc) is 3.65. The average molecular weight is 506 g/mol. The maximum Gasteiger partial charge on any atom is 0.159 e. The zero-order valence-electron chi connectivity index (χ0n) is 22.6. The minimum atomic E-state index is 0.672. The van der Waals surface area contributed by atoms with Crippen LogP contribution in [0.15, 0.2) is 91.1 Å². The lowest BCUT2D eigenvalue weighted by Crippen LogP contribution is -2.24. The fraction of sp³-hybridized carbons (Fsp3) is 0.194. The summed E-state index contributed by atoms with van der Waals surface area (Å²) in [5.74, 6) is 0.672. The van der Waals surface area contributed by atoms with Crippen LogP contribution in [0.2, 0.25) is 0 Å². The van der Waals surface area contributed by atoms with E-state index in [4.69, 9.17) is 4.98 Å². The molecule has 0 saturated heterocycles. The molecule has 0 atom stereocenters. The van der Waals surface area contributed by atoms with Crippen molar-refractivity contribution in [3.8, 4) is 11.5 Å². The summed E-state index contributed by atoms with van der Waals surface area (Å²) in [5.41, 5.74) is 8.12. The van der Waals surface area contributed by atoms with E-state index < -0.39 is 0 Å². The van der Waals surface area contributed by atoms with E-state index in [0.717, 1.165) is 73.9 Å². The number of nitrogens with zero attached hydrogens (tertiary/aromatic N) is 4. The quantitative estimate of drug-likeness (QED) is 0.353. The van der Waals surface area contributed by atoms with Crippen LogP contribution in [0, 0.1) is 0 Å². The smallest absolute Gasteiger partial charge is 0.159 e. The van der Waals surface area contributed by atoms with E-state index in [1.54, 1.807) is 12.3 Å². The maximum absolute atomic E-state index is 4.95. The molecule has 0 unspecified atom stereocenters. The summed E-state index contributed by atoms with van der Waals surface area (Å²) in [6, 6.07) is 0. The van der Waals surface area contributed by atoms with E-state index in [-0.39, 0.29) is 0 Å². The van der Waals surface area contributed by atoms with Gasteiger partial charge in [-0.1, -0.05) is 50.1 Å². The third-order valence-corrected chi connectivity index (χ3v) is 6.18. The van der Waals surface area contributed by atoms with Crippen molar-refractivity contribution in [3.63, 3.8) is 0 Å². The summed E-state index contributed by atoms with van der Waals surface area (Å²) >= 11 is 0. The molecule has 38 heavy (non-hydrogen) atoms. The Balaban J connectivity index is 1.73. The molecule has 4 rings (SSSR count). The van der Waals surface area contributed by atoms with Crippen LogP contribution in [0.1, 0.15) is 25.8 Å². The van der Waals surface area contributed by atoms with Crippen molar-refractivity contribution in [2.75, 3.05) is 20.6 Å². The predicted molar refractivity (Wildman–Crippen MR) is 159 cm³/mol. The molecular formula is C31H35N7. The van der Waals surface area contributed by atoms with Crippen LogP contribution < -0.4 is 15.9 Å². The molecule has 3 aromatic heterocycles. The van der Waals surface area contributed by atoms with Crippen molar-refractivity contribution in [2.45, 2.75) is 20.3 Å². The predicted octanol–water partition coefficient (Wildman–Crippen LogP) is 4.51. The molecule has 0 radical (unpaired) electrons. The molecule has 0 saturated carbocycles. The Morgan fingerprint density at radius 2 is 2.03 bits per heavy atom. The lowest BCUT2D eigenvalue weighted by atomic mass is 10.0. The Kier molecular flexibility index (Phi) is 8.19. The summed E-state index contributed by atoms with van der Waals surface area (Å²) < 4.78 is 0. The Hall–Kier alpha value is -4.49. The van der Waals surface area contributed by atoms with Gasteiger partial charge in [0.2, 0.25) is 0 Å². The van der Waals surface area contributed by atoms with Gasteiger partial charge in [-0.15, -0.1) is 0 Å². The maximum atomic E-state index is 4.95. The van der Waals surface area contributed by atoms with Gasteiger partial charge >= 0.3 is 0 Å². The molecule has 1 aliphatic carbocycles. The van der Waals surface area contributed by atoms with E-state index in [1.807, 2.05) is 58.4 Å². The van der Waals surface area contributed by atoms with Crippen LogP contribution in [0.5, 0.6) is 0 Å². The van der Waals surface area contributed by atoms with Gasteiger partial charge in [0.15, 0.2) is 5.82 Å². The minimum Gasteiger partial charge on any atom is -0.358 e. The van der Waals surface area contributed by atoms with Gasteiger partial charge < -0.3 is 15.2 Å². The number of fused-ring (bicyclic) bond motifs is 1. The highest BCUT2D eigenvalue weighted by atomic mass is 15.1. The molecule has 7 nitrogen and oxygen atoms in total. The Bertz CT molecular complexity index is 1630. The van der Waals surface area contributed by atoms with Crippen LogP contribution in [0.4, 0.5) is 0 Å². The van der Waals surface area contributed by atoms with Crippen LogP contribution in [0.3, 0.4) is 0 Å². The number of hydrogen-bond donors (Lipinski definition) is 3. The highest BCUT2D eigenvalue weighted by Crippen LogP contribution is 2.28. The van der Waals surface area contributed by atoms with E-state index in [1.165, 1.54) is 0 Å². The second kappa shape index (κ2) is 11.7. The number of nitrogens with one attached hydrogen (secondary N) is 3. The number of likely N-dealkylation sites (N-methyl/N-ethyl adjacent to an activating group) is 1. The van der Waals surface area contributed by atoms with Crippen molar-refractivity contribution in [1.29, 1.82) is 0 Å². The molecule has 0 spiro atoms. The molecule has 3 aromatic rings. The van der Waals surface area contributed by atoms with Gasteiger partial charge in [-0.25, -0.2) is 4.98 Å². The number of allylic oxidation sites excluding steroid dienone is 9. The summed E-state index contributed by atoms with van der Waals surface area (Å²) in [5, 5.41) is 12.9. The van der Waals surface area contributed by atoms with Gasteiger partial charge in [-0.05, 0) is 69.3 Å². The summed E-state index contributed by atoms with van der Waals surface area (Å²) in [6.45, 7) is 17.1. The molecule has 3 N–H and O–H groups in total. The van der Waals surface area contributed by atoms with Gasteiger partial charge in [0.1, 0.15) is 5.69 Å². The van der Waals surface area contributed by atoms with Crippen LogP contribution in [-0.2, 0) is 0 Å². The number of hydrogen-bond acceptors (Lipinski definition) is 5. The monoisotopic (exact) mass is 505 g/mol.